The van der Waals surface area contributed by atoms with E-state index in [1.807, 2.05) is 0 Å². The molecule has 0 radical (unpaired) electrons. The zero-order valence-corrected chi connectivity index (χ0v) is 11.8. The van der Waals surface area contributed by atoms with E-state index in [1.165, 1.54) is 0 Å². The molecule has 2 amide bonds. The summed E-state index contributed by atoms with van der Waals surface area (Å²) in [4.78, 5) is 22.9. The highest BCUT2D eigenvalue weighted by atomic mass is 79.9. The predicted molar refractivity (Wildman–Crippen MR) is 74.1 cm³/mol. The maximum atomic E-state index is 11.9. The van der Waals surface area contributed by atoms with Gasteiger partial charge < -0.3 is 10.1 Å². The minimum absolute atomic E-state index is 0.180. The molecule has 100 valence electrons. The molecule has 0 aliphatic carbocycles. The van der Waals surface area contributed by atoms with Crippen LogP contribution in [0.3, 0.4) is 0 Å². The zero-order valence-electron chi connectivity index (χ0n) is 10.2. The van der Waals surface area contributed by atoms with Crippen molar-refractivity contribution in [3.05, 3.63) is 22.7 Å². The van der Waals surface area contributed by atoms with Gasteiger partial charge in [-0.3, -0.25) is 9.59 Å². The summed E-state index contributed by atoms with van der Waals surface area (Å²) in [6.45, 7) is 0. The summed E-state index contributed by atoms with van der Waals surface area (Å²) in [6.07, 6.45) is 0.608. The van der Waals surface area contributed by atoms with Gasteiger partial charge >= 0.3 is 0 Å². The Kier molecular flexibility index (Phi) is 4.16. The maximum absolute atomic E-state index is 11.9. The Bertz CT molecular complexity index is 557. The molecule has 2 N–H and O–H groups in total. The van der Waals surface area contributed by atoms with E-state index in [2.05, 4.69) is 31.8 Å². The quantitative estimate of drug-likeness (QED) is 0.887. The highest BCUT2D eigenvalue weighted by Gasteiger charge is 2.18. The Hall–Kier alpha value is -1.89. The van der Waals surface area contributed by atoms with Crippen LogP contribution in [0.5, 0.6) is 5.75 Å². The molecule has 1 aliphatic rings. The number of ether oxygens (including phenoxy) is 1. The van der Waals surface area contributed by atoms with E-state index in [9.17, 15) is 9.59 Å². The van der Waals surface area contributed by atoms with Crippen molar-refractivity contribution < 1.29 is 14.3 Å². The molecule has 0 spiro atoms. The summed E-state index contributed by atoms with van der Waals surface area (Å²) in [5.41, 5.74) is 3.18. The van der Waals surface area contributed by atoms with Gasteiger partial charge in [-0.15, -0.1) is 0 Å². The van der Waals surface area contributed by atoms with Crippen molar-refractivity contribution in [2.24, 2.45) is 5.10 Å². The SMILES string of the molecule is COc1cc(Br)cc(NC(=O)C2=NNC(=O)CC2)c1. The van der Waals surface area contributed by atoms with Crippen LogP contribution in [0.15, 0.2) is 27.8 Å². The van der Waals surface area contributed by atoms with Crippen molar-refractivity contribution in [2.75, 3.05) is 12.4 Å². The highest BCUT2D eigenvalue weighted by Crippen LogP contribution is 2.24. The summed E-state index contributed by atoms with van der Waals surface area (Å²) < 4.78 is 5.90. The number of amides is 2. The number of hydrogen-bond donors (Lipinski definition) is 2. The summed E-state index contributed by atoms with van der Waals surface area (Å²) in [7, 11) is 1.55. The number of benzene rings is 1. The normalized spacial score (nSPS) is 14.4. The highest BCUT2D eigenvalue weighted by molar-refractivity contribution is 9.10. The molecule has 0 fully saturated rings. The number of nitrogens with one attached hydrogen (secondary N) is 2. The van der Waals surface area contributed by atoms with Crippen molar-refractivity contribution >= 4 is 39.1 Å². The maximum Gasteiger partial charge on any atom is 0.271 e. The number of rotatable bonds is 3. The van der Waals surface area contributed by atoms with Crippen LogP contribution in [-0.4, -0.2) is 24.6 Å². The summed E-state index contributed by atoms with van der Waals surface area (Å²) in [5.74, 6) is 0.115. The van der Waals surface area contributed by atoms with Gasteiger partial charge in [-0.05, 0) is 12.1 Å². The molecular weight excluding hydrogens is 314 g/mol. The average molecular weight is 326 g/mol. The lowest BCUT2D eigenvalue weighted by Crippen LogP contribution is -2.32. The van der Waals surface area contributed by atoms with Gasteiger partial charge in [0.2, 0.25) is 5.91 Å². The van der Waals surface area contributed by atoms with Crippen molar-refractivity contribution in [3.63, 3.8) is 0 Å². The number of carbonyl (C=O) groups excluding carboxylic acids is 2. The van der Waals surface area contributed by atoms with Crippen LogP contribution in [-0.2, 0) is 9.59 Å². The third-order valence-electron chi connectivity index (χ3n) is 2.53. The lowest BCUT2D eigenvalue weighted by atomic mass is 10.1. The van der Waals surface area contributed by atoms with Crippen LogP contribution in [0.2, 0.25) is 0 Å². The Morgan fingerprint density at radius 3 is 2.84 bits per heavy atom. The Morgan fingerprint density at radius 2 is 2.21 bits per heavy atom. The van der Waals surface area contributed by atoms with Crippen LogP contribution in [0, 0.1) is 0 Å². The van der Waals surface area contributed by atoms with E-state index in [-0.39, 0.29) is 18.2 Å². The standard InChI is InChI=1S/C12H12BrN3O3/c1-19-9-5-7(13)4-8(6-9)14-12(18)10-2-3-11(17)16-15-10/h4-6H,2-3H2,1H3,(H,14,18)(H,16,17). The molecule has 7 heteroatoms. The third kappa shape index (κ3) is 3.54. The molecule has 6 nitrogen and oxygen atoms in total. The van der Waals surface area contributed by atoms with Gasteiger partial charge in [-0.2, -0.15) is 5.10 Å². The van der Waals surface area contributed by atoms with Crippen LogP contribution >= 0.6 is 15.9 Å². The molecule has 0 aromatic heterocycles. The van der Waals surface area contributed by atoms with Gasteiger partial charge in [-0.25, -0.2) is 5.43 Å². The van der Waals surface area contributed by atoms with Gasteiger partial charge in [0.05, 0.1) is 7.11 Å². The van der Waals surface area contributed by atoms with Crippen molar-refractivity contribution in [3.8, 4) is 5.75 Å². The first-order chi connectivity index (χ1) is 9.08. The molecule has 0 atom stereocenters. The fourth-order valence-corrected chi connectivity index (χ4v) is 2.07. The molecule has 0 saturated carbocycles. The monoisotopic (exact) mass is 325 g/mol. The minimum Gasteiger partial charge on any atom is -0.497 e. The molecule has 1 aromatic carbocycles. The number of carbonyl (C=O) groups is 2. The van der Waals surface area contributed by atoms with Crippen LogP contribution in [0.25, 0.3) is 0 Å². The number of hydrazone groups is 1. The molecular formula is C12H12BrN3O3. The van der Waals surface area contributed by atoms with Crippen molar-refractivity contribution in [1.82, 2.24) is 5.43 Å². The van der Waals surface area contributed by atoms with E-state index in [4.69, 9.17) is 4.74 Å². The minimum atomic E-state index is -0.333. The lowest BCUT2D eigenvalue weighted by molar-refractivity contribution is -0.121. The molecule has 1 aliphatic heterocycles. The van der Waals surface area contributed by atoms with E-state index in [0.717, 1.165) is 4.47 Å². The van der Waals surface area contributed by atoms with E-state index >= 15 is 0 Å². The Morgan fingerprint density at radius 1 is 1.42 bits per heavy atom. The molecule has 0 unspecified atom stereocenters. The third-order valence-corrected chi connectivity index (χ3v) is 2.99. The number of anilines is 1. The van der Waals surface area contributed by atoms with Gasteiger partial charge in [-0.1, -0.05) is 15.9 Å². The molecule has 1 heterocycles. The second-order valence-corrected chi connectivity index (χ2v) is 4.84. The Labute approximate surface area is 118 Å². The van der Waals surface area contributed by atoms with Crippen molar-refractivity contribution in [1.29, 1.82) is 0 Å². The smallest absolute Gasteiger partial charge is 0.271 e. The molecule has 19 heavy (non-hydrogen) atoms. The van der Waals surface area contributed by atoms with E-state index in [0.29, 0.717) is 23.6 Å². The van der Waals surface area contributed by atoms with Crippen LogP contribution in [0.1, 0.15) is 12.8 Å². The van der Waals surface area contributed by atoms with E-state index < -0.39 is 0 Å². The largest absolute Gasteiger partial charge is 0.497 e. The van der Waals surface area contributed by atoms with Gasteiger partial charge in [0, 0.05) is 29.1 Å². The Balaban J connectivity index is 2.10. The second kappa shape index (κ2) is 5.83. The molecule has 1 aromatic rings. The average Bonchev–Trinajstić information content (AvgIpc) is 2.38. The predicted octanol–water partition coefficient (Wildman–Crippen LogP) is 1.66. The zero-order chi connectivity index (χ0) is 13.8. The first-order valence-electron chi connectivity index (χ1n) is 5.60. The first-order valence-corrected chi connectivity index (χ1v) is 6.39. The van der Waals surface area contributed by atoms with Crippen LogP contribution < -0.4 is 15.5 Å². The van der Waals surface area contributed by atoms with Gasteiger partial charge in [0.1, 0.15) is 11.5 Å². The lowest BCUT2D eigenvalue weighted by Gasteiger charge is -2.12. The summed E-state index contributed by atoms with van der Waals surface area (Å²) in [5, 5.41) is 6.44. The molecule has 2 rings (SSSR count). The number of nitrogens with zero attached hydrogens (tertiary/aromatic N) is 1. The summed E-state index contributed by atoms with van der Waals surface area (Å²) in [6, 6.07) is 5.24. The molecule has 0 saturated heterocycles. The second-order valence-electron chi connectivity index (χ2n) is 3.93. The molecule has 0 bridgehead atoms. The first kappa shape index (κ1) is 13.5. The number of methoxy groups -OCH3 is 1. The van der Waals surface area contributed by atoms with Gasteiger partial charge in [0.25, 0.3) is 5.91 Å². The van der Waals surface area contributed by atoms with Crippen LogP contribution in [0.4, 0.5) is 5.69 Å². The van der Waals surface area contributed by atoms with Crippen molar-refractivity contribution in [2.45, 2.75) is 12.8 Å². The summed E-state index contributed by atoms with van der Waals surface area (Å²) >= 11 is 3.33. The van der Waals surface area contributed by atoms with E-state index in [1.54, 1.807) is 25.3 Å². The fourth-order valence-electron chi connectivity index (χ4n) is 1.59. The van der Waals surface area contributed by atoms with Gasteiger partial charge in [0.15, 0.2) is 0 Å². The number of halogens is 1. The number of hydrogen-bond acceptors (Lipinski definition) is 4. The topological polar surface area (TPSA) is 79.8 Å². The fraction of sp³-hybridized carbons (Fsp3) is 0.250.